The molecule has 1 aromatic carbocycles. The Morgan fingerprint density at radius 2 is 1.89 bits per heavy atom. The lowest BCUT2D eigenvalue weighted by Crippen LogP contribution is -2.24. The highest BCUT2D eigenvalue weighted by atomic mass is 16.6. The lowest BCUT2D eigenvalue weighted by molar-refractivity contribution is -0.155. The number of hydrogen-bond acceptors (Lipinski definition) is 3. The van der Waals surface area contributed by atoms with Crippen LogP contribution < -0.4 is 4.74 Å². The number of rotatable bonds is 5. The number of benzene rings is 1. The van der Waals surface area contributed by atoms with E-state index in [2.05, 4.69) is 6.92 Å². The molecule has 0 aliphatic carbocycles. The van der Waals surface area contributed by atoms with Crippen molar-refractivity contribution < 1.29 is 14.3 Å². The first-order chi connectivity index (χ1) is 8.42. The SMILES string of the molecule is CCc1ccccc1OCCC(=O)OC(C)(C)C. The second kappa shape index (κ2) is 6.43. The molecule has 18 heavy (non-hydrogen) atoms. The van der Waals surface area contributed by atoms with E-state index in [1.165, 1.54) is 0 Å². The van der Waals surface area contributed by atoms with Gasteiger partial charge in [0.1, 0.15) is 11.4 Å². The highest BCUT2D eigenvalue weighted by Crippen LogP contribution is 2.18. The molecule has 0 atom stereocenters. The Labute approximate surface area is 109 Å². The van der Waals surface area contributed by atoms with Gasteiger partial charge in [-0.3, -0.25) is 4.79 Å². The molecule has 0 aliphatic heterocycles. The van der Waals surface area contributed by atoms with Crippen LogP contribution in [0.2, 0.25) is 0 Å². The highest BCUT2D eigenvalue weighted by molar-refractivity contribution is 5.70. The van der Waals surface area contributed by atoms with Gasteiger partial charge in [0.2, 0.25) is 0 Å². The van der Waals surface area contributed by atoms with Crippen LogP contribution in [0.1, 0.15) is 39.7 Å². The number of hydrogen-bond donors (Lipinski definition) is 0. The number of esters is 1. The summed E-state index contributed by atoms with van der Waals surface area (Å²) in [4.78, 5) is 11.5. The van der Waals surface area contributed by atoms with Crippen LogP contribution >= 0.6 is 0 Å². The summed E-state index contributed by atoms with van der Waals surface area (Å²) in [5.41, 5.74) is 0.722. The van der Waals surface area contributed by atoms with E-state index in [0.717, 1.165) is 17.7 Å². The van der Waals surface area contributed by atoms with E-state index < -0.39 is 5.60 Å². The summed E-state index contributed by atoms with van der Waals surface area (Å²) in [5, 5.41) is 0. The van der Waals surface area contributed by atoms with Crippen LogP contribution in [0.5, 0.6) is 5.75 Å². The van der Waals surface area contributed by atoms with Crippen molar-refractivity contribution in [1.29, 1.82) is 0 Å². The Morgan fingerprint density at radius 3 is 2.50 bits per heavy atom. The van der Waals surface area contributed by atoms with E-state index in [4.69, 9.17) is 9.47 Å². The standard InChI is InChI=1S/C15H22O3/c1-5-12-8-6-7-9-13(12)17-11-10-14(16)18-15(2,3)4/h6-9H,5,10-11H2,1-4H3. The topological polar surface area (TPSA) is 35.5 Å². The molecule has 0 amide bonds. The molecular formula is C15H22O3. The maximum Gasteiger partial charge on any atom is 0.309 e. The van der Waals surface area contributed by atoms with Gasteiger partial charge in [-0.1, -0.05) is 25.1 Å². The summed E-state index contributed by atoms with van der Waals surface area (Å²) in [6, 6.07) is 7.87. The predicted octanol–water partition coefficient (Wildman–Crippen LogP) is 3.36. The predicted molar refractivity (Wildman–Crippen MR) is 71.8 cm³/mol. The fourth-order valence-electron chi connectivity index (χ4n) is 1.57. The van der Waals surface area contributed by atoms with Crippen molar-refractivity contribution in [1.82, 2.24) is 0 Å². The van der Waals surface area contributed by atoms with Crippen LogP contribution in [0.15, 0.2) is 24.3 Å². The lowest BCUT2D eigenvalue weighted by atomic mass is 10.1. The number of carbonyl (C=O) groups excluding carboxylic acids is 1. The summed E-state index contributed by atoms with van der Waals surface area (Å²) < 4.78 is 10.8. The van der Waals surface area contributed by atoms with E-state index in [1.807, 2.05) is 45.0 Å². The van der Waals surface area contributed by atoms with Crippen molar-refractivity contribution in [2.75, 3.05) is 6.61 Å². The molecule has 0 saturated heterocycles. The molecule has 0 fully saturated rings. The molecule has 0 heterocycles. The molecular weight excluding hydrogens is 228 g/mol. The van der Waals surface area contributed by atoms with E-state index in [9.17, 15) is 4.79 Å². The zero-order valence-corrected chi connectivity index (χ0v) is 11.7. The zero-order chi connectivity index (χ0) is 13.6. The monoisotopic (exact) mass is 250 g/mol. The van der Waals surface area contributed by atoms with Crippen molar-refractivity contribution in [3.05, 3.63) is 29.8 Å². The van der Waals surface area contributed by atoms with Gasteiger partial charge in [0, 0.05) is 0 Å². The average molecular weight is 250 g/mol. The Balaban J connectivity index is 2.40. The number of ether oxygens (including phenoxy) is 2. The third-order valence-electron chi connectivity index (χ3n) is 2.34. The normalized spacial score (nSPS) is 11.1. The molecule has 0 aromatic heterocycles. The van der Waals surface area contributed by atoms with Crippen LogP contribution in [0.3, 0.4) is 0 Å². The maximum absolute atomic E-state index is 11.5. The van der Waals surface area contributed by atoms with Gasteiger partial charge in [-0.05, 0) is 38.8 Å². The smallest absolute Gasteiger partial charge is 0.309 e. The van der Waals surface area contributed by atoms with E-state index >= 15 is 0 Å². The molecule has 1 rings (SSSR count). The van der Waals surface area contributed by atoms with Crippen LogP contribution in [-0.2, 0) is 16.0 Å². The van der Waals surface area contributed by atoms with Gasteiger partial charge in [-0.2, -0.15) is 0 Å². The fraction of sp³-hybridized carbons (Fsp3) is 0.533. The first-order valence-corrected chi connectivity index (χ1v) is 6.35. The van der Waals surface area contributed by atoms with Gasteiger partial charge in [-0.25, -0.2) is 0 Å². The molecule has 0 unspecified atom stereocenters. The third kappa shape index (κ3) is 5.21. The molecule has 0 N–H and O–H groups in total. The summed E-state index contributed by atoms with van der Waals surface area (Å²) in [6.07, 6.45) is 1.19. The fourth-order valence-corrected chi connectivity index (χ4v) is 1.57. The zero-order valence-electron chi connectivity index (χ0n) is 11.7. The first-order valence-electron chi connectivity index (χ1n) is 6.35. The highest BCUT2D eigenvalue weighted by Gasteiger charge is 2.16. The average Bonchev–Trinajstić information content (AvgIpc) is 2.27. The van der Waals surface area contributed by atoms with E-state index in [-0.39, 0.29) is 12.4 Å². The Bertz CT molecular complexity index is 391. The Morgan fingerprint density at radius 1 is 1.22 bits per heavy atom. The molecule has 0 bridgehead atoms. The number of carbonyl (C=O) groups is 1. The van der Waals surface area contributed by atoms with Gasteiger partial charge in [0.25, 0.3) is 0 Å². The minimum Gasteiger partial charge on any atom is -0.493 e. The summed E-state index contributed by atoms with van der Waals surface area (Å²) in [5.74, 6) is 0.625. The second-order valence-corrected chi connectivity index (χ2v) is 5.15. The summed E-state index contributed by atoms with van der Waals surface area (Å²) in [7, 11) is 0. The summed E-state index contributed by atoms with van der Waals surface area (Å²) in [6.45, 7) is 8.01. The second-order valence-electron chi connectivity index (χ2n) is 5.15. The van der Waals surface area contributed by atoms with Crippen LogP contribution in [0.25, 0.3) is 0 Å². The van der Waals surface area contributed by atoms with Gasteiger partial charge in [0.05, 0.1) is 13.0 Å². The van der Waals surface area contributed by atoms with Crippen molar-refractivity contribution in [2.45, 2.75) is 46.1 Å². The molecule has 0 radical (unpaired) electrons. The van der Waals surface area contributed by atoms with Crippen LogP contribution in [-0.4, -0.2) is 18.2 Å². The number of aryl methyl sites for hydroxylation is 1. The lowest BCUT2D eigenvalue weighted by Gasteiger charge is -2.19. The van der Waals surface area contributed by atoms with Gasteiger partial charge in [0.15, 0.2) is 0 Å². The van der Waals surface area contributed by atoms with Crippen molar-refractivity contribution >= 4 is 5.97 Å². The molecule has 3 heteroatoms. The van der Waals surface area contributed by atoms with Crippen LogP contribution in [0, 0.1) is 0 Å². The van der Waals surface area contributed by atoms with E-state index in [0.29, 0.717) is 6.61 Å². The molecule has 0 aliphatic rings. The molecule has 3 nitrogen and oxygen atoms in total. The number of para-hydroxylation sites is 1. The molecule has 1 aromatic rings. The van der Waals surface area contributed by atoms with Gasteiger partial charge in [-0.15, -0.1) is 0 Å². The quantitative estimate of drug-likeness (QED) is 0.752. The summed E-state index contributed by atoms with van der Waals surface area (Å²) >= 11 is 0. The minimum atomic E-state index is -0.432. The molecule has 0 spiro atoms. The minimum absolute atomic E-state index is 0.225. The van der Waals surface area contributed by atoms with E-state index in [1.54, 1.807) is 0 Å². The first kappa shape index (κ1) is 14.6. The third-order valence-corrected chi connectivity index (χ3v) is 2.34. The van der Waals surface area contributed by atoms with Crippen LogP contribution in [0.4, 0.5) is 0 Å². The molecule has 100 valence electrons. The van der Waals surface area contributed by atoms with Gasteiger partial charge >= 0.3 is 5.97 Å². The Kier molecular flexibility index (Phi) is 5.20. The molecule has 0 saturated carbocycles. The Hall–Kier alpha value is -1.51. The van der Waals surface area contributed by atoms with Crippen molar-refractivity contribution in [2.24, 2.45) is 0 Å². The van der Waals surface area contributed by atoms with Crippen molar-refractivity contribution in [3.8, 4) is 5.75 Å². The van der Waals surface area contributed by atoms with Crippen molar-refractivity contribution in [3.63, 3.8) is 0 Å². The maximum atomic E-state index is 11.5. The largest absolute Gasteiger partial charge is 0.493 e. The van der Waals surface area contributed by atoms with Gasteiger partial charge < -0.3 is 9.47 Å².